The van der Waals surface area contributed by atoms with E-state index in [0.29, 0.717) is 11.5 Å². The van der Waals surface area contributed by atoms with Crippen LogP contribution in [0.1, 0.15) is 105 Å². The Bertz CT molecular complexity index is 1840. The molecule has 2 aromatic heterocycles. The van der Waals surface area contributed by atoms with E-state index in [1.807, 2.05) is 36.4 Å². The summed E-state index contributed by atoms with van der Waals surface area (Å²) in [4.78, 5) is 23.0. The first-order valence-corrected chi connectivity index (χ1v) is 18.2. The monoisotopic (exact) mass is 648 g/mol. The zero-order valence-electron chi connectivity index (χ0n) is 29.3. The third kappa shape index (κ3) is 7.02. The maximum absolute atomic E-state index is 11.9. The number of aromatic nitrogens is 3. The van der Waals surface area contributed by atoms with Gasteiger partial charge in [0.1, 0.15) is 11.6 Å². The maximum atomic E-state index is 11.9. The minimum Gasteiger partial charge on any atom is -0.497 e. The summed E-state index contributed by atoms with van der Waals surface area (Å²) in [5, 5.41) is 11.0. The molecule has 1 aliphatic heterocycles. The molecule has 7 rings (SSSR count). The number of hydrogen-bond donors (Lipinski definition) is 2. The van der Waals surface area contributed by atoms with E-state index in [9.17, 15) is 9.90 Å². The lowest BCUT2D eigenvalue weighted by molar-refractivity contribution is 0.0697. The number of methoxy groups -OCH3 is 1. The SMILES string of the molecule is CCCN1CCCCC1.CCCn1c(-c2ccc3[nH]c(-c4ccc(OC)cc4)nc3c2C)c(C2CCCCC2)c2ccc(C(=O)O)cc21. The van der Waals surface area contributed by atoms with Gasteiger partial charge in [-0.15, -0.1) is 0 Å². The van der Waals surface area contributed by atoms with Gasteiger partial charge in [-0.2, -0.15) is 0 Å². The molecule has 0 spiro atoms. The number of likely N-dealkylation sites (tertiary alicyclic amines) is 1. The number of aromatic carboxylic acids is 1. The number of hydrogen-bond acceptors (Lipinski definition) is 4. The number of carboxylic acids is 1. The van der Waals surface area contributed by atoms with Crippen molar-refractivity contribution in [2.75, 3.05) is 26.7 Å². The molecular weight excluding hydrogens is 596 g/mol. The van der Waals surface area contributed by atoms with Crippen molar-refractivity contribution < 1.29 is 14.6 Å². The number of aromatic amines is 1. The van der Waals surface area contributed by atoms with Crippen molar-refractivity contribution >= 4 is 27.9 Å². The summed E-state index contributed by atoms with van der Waals surface area (Å²) in [6.45, 7) is 11.5. The number of aryl methyl sites for hydroxylation is 2. The van der Waals surface area contributed by atoms with Crippen LogP contribution in [-0.2, 0) is 6.54 Å². The van der Waals surface area contributed by atoms with Gasteiger partial charge >= 0.3 is 5.97 Å². The summed E-state index contributed by atoms with van der Waals surface area (Å²) in [5.41, 5.74) is 9.27. The molecule has 3 heterocycles. The van der Waals surface area contributed by atoms with Gasteiger partial charge in [0.2, 0.25) is 0 Å². The molecule has 0 atom stereocenters. The van der Waals surface area contributed by atoms with Crippen LogP contribution in [0.25, 0.3) is 44.6 Å². The fourth-order valence-electron chi connectivity index (χ4n) is 7.91. The minimum atomic E-state index is -0.887. The van der Waals surface area contributed by atoms with E-state index in [0.717, 1.165) is 52.2 Å². The summed E-state index contributed by atoms with van der Waals surface area (Å²) < 4.78 is 7.69. The number of rotatable bonds is 9. The number of piperidine rings is 1. The topological polar surface area (TPSA) is 83.4 Å². The molecule has 7 nitrogen and oxygen atoms in total. The molecule has 3 aromatic carbocycles. The van der Waals surface area contributed by atoms with Crippen molar-refractivity contribution in [1.29, 1.82) is 0 Å². The largest absolute Gasteiger partial charge is 0.497 e. The van der Waals surface area contributed by atoms with Crippen molar-refractivity contribution in [2.24, 2.45) is 0 Å². The number of ether oxygens (including phenoxy) is 1. The van der Waals surface area contributed by atoms with Crippen LogP contribution in [0, 0.1) is 6.92 Å². The fraction of sp³-hybridized carbons (Fsp3) is 0.463. The zero-order valence-corrected chi connectivity index (χ0v) is 29.3. The third-order valence-corrected chi connectivity index (χ3v) is 10.3. The molecule has 1 saturated carbocycles. The van der Waals surface area contributed by atoms with Crippen LogP contribution in [0.4, 0.5) is 0 Å². The second-order valence-corrected chi connectivity index (χ2v) is 13.6. The van der Waals surface area contributed by atoms with Crippen molar-refractivity contribution in [3.63, 3.8) is 0 Å². The van der Waals surface area contributed by atoms with Gasteiger partial charge in [0.15, 0.2) is 0 Å². The minimum absolute atomic E-state index is 0.336. The molecule has 5 aromatic rings. The average molecular weight is 649 g/mol. The zero-order chi connectivity index (χ0) is 33.6. The maximum Gasteiger partial charge on any atom is 0.335 e. The summed E-state index contributed by atoms with van der Waals surface area (Å²) in [6.07, 6.45) is 12.7. The molecule has 2 N–H and O–H groups in total. The lowest BCUT2D eigenvalue weighted by Crippen LogP contribution is -2.30. The Morgan fingerprint density at radius 3 is 2.29 bits per heavy atom. The average Bonchev–Trinajstić information content (AvgIpc) is 3.70. The van der Waals surface area contributed by atoms with Crippen molar-refractivity contribution in [1.82, 2.24) is 19.4 Å². The first-order chi connectivity index (χ1) is 23.4. The Morgan fingerprint density at radius 2 is 1.62 bits per heavy atom. The van der Waals surface area contributed by atoms with Crippen molar-refractivity contribution in [3.05, 3.63) is 71.3 Å². The van der Waals surface area contributed by atoms with Crippen molar-refractivity contribution in [2.45, 2.75) is 97.4 Å². The van der Waals surface area contributed by atoms with Crippen LogP contribution in [-0.4, -0.2) is 57.3 Å². The lowest BCUT2D eigenvalue weighted by atomic mass is 9.81. The van der Waals surface area contributed by atoms with Crippen molar-refractivity contribution in [3.8, 4) is 28.4 Å². The van der Waals surface area contributed by atoms with Gasteiger partial charge < -0.3 is 24.3 Å². The molecule has 254 valence electrons. The van der Waals surface area contributed by atoms with E-state index in [1.165, 1.54) is 99.6 Å². The molecule has 2 fully saturated rings. The normalized spacial score (nSPS) is 15.8. The number of carbonyl (C=O) groups is 1. The van der Waals surface area contributed by atoms with Crippen LogP contribution in [0.15, 0.2) is 54.6 Å². The predicted octanol–water partition coefficient (Wildman–Crippen LogP) is 10.2. The van der Waals surface area contributed by atoms with Crippen LogP contribution < -0.4 is 4.74 Å². The van der Waals surface area contributed by atoms with E-state index < -0.39 is 5.97 Å². The highest BCUT2D eigenvalue weighted by Crippen LogP contribution is 2.46. The number of nitrogens with one attached hydrogen (secondary N) is 1. The Kier molecular flexibility index (Phi) is 10.9. The van der Waals surface area contributed by atoms with Gasteiger partial charge in [-0.25, -0.2) is 9.78 Å². The van der Waals surface area contributed by atoms with Crippen LogP contribution in [0.2, 0.25) is 0 Å². The first kappa shape index (κ1) is 33.8. The Labute approximate surface area is 285 Å². The first-order valence-electron chi connectivity index (χ1n) is 18.2. The smallest absolute Gasteiger partial charge is 0.335 e. The predicted molar refractivity (Wildman–Crippen MR) is 197 cm³/mol. The van der Waals surface area contributed by atoms with E-state index >= 15 is 0 Å². The van der Waals surface area contributed by atoms with Gasteiger partial charge in [0, 0.05) is 28.6 Å². The van der Waals surface area contributed by atoms with E-state index in [2.05, 4.69) is 47.4 Å². The number of carboxylic acid groups (broad SMARTS) is 1. The number of imidazole rings is 1. The highest BCUT2D eigenvalue weighted by Gasteiger charge is 2.28. The standard InChI is InChI=1S/C33H35N3O3.C8H17N/c1-4-18-36-28-19-23(33(37)38)12-15-26(28)29(21-8-6-5-7-9-21)31(36)25-16-17-27-30(20(25)2)35-32(34-27)22-10-13-24(39-3)14-11-22;1-2-6-9-7-4-3-5-8-9/h10-17,19,21H,4-9,18H2,1-3H3,(H,34,35)(H,37,38);2-8H2,1H3. The van der Waals surface area contributed by atoms with Crippen LogP contribution >= 0.6 is 0 Å². The molecule has 1 saturated heterocycles. The molecule has 0 amide bonds. The third-order valence-electron chi connectivity index (χ3n) is 10.3. The molecule has 2 aliphatic rings. The number of H-pyrrole nitrogens is 1. The summed E-state index contributed by atoms with van der Waals surface area (Å²) in [5.74, 6) is 1.23. The van der Waals surface area contributed by atoms with Gasteiger partial charge in [0.05, 0.1) is 29.4 Å². The number of benzene rings is 3. The summed E-state index contributed by atoms with van der Waals surface area (Å²) in [7, 11) is 1.67. The fourth-order valence-corrected chi connectivity index (χ4v) is 7.91. The highest BCUT2D eigenvalue weighted by molar-refractivity contribution is 5.99. The second-order valence-electron chi connectivity index (χ2n) is 13.6. The van der Waals surface area contributed by atoms with Crippen LogP contribution in [0.5, 0.6) is 5.75 Å². The lowest BCUT2D eigenvalue weighted by Gasteiger charge is -2.25. The van der Waals surface area contributed by atoms with Gasteiger partial charge in [0.25, 0.3) is 0 Å². The van der Waals surface area contributed by atoms with Crippen LogP contribution in [0.3, 0.4) is 0 Å². The molecule has 7 heteroatoms. The quantitative estimate of drug-likeness (QED) is 0.166. The Balaban J connectivity index is 0.000000388. The Morgan fingerprint density at radius 1 is 0.917 bits per heavy atom. The highest BCUT2D eigenvalue weighted by atomic mass is 16.5. The van der Waals surface area contributed by atoms with Gasteiger partial charge in [-0.1, -0.05) is 51.7 Å². The summed E-state index contributed by atoms with van der Waals surface area (Å²) >= 11 is 0. The van der Waals surface area contributed by atoms with E-state index in [1.54, 1.807) is 13.2 Å². The molecule has 0 bridgehead atoms. The Hall–Kier alpha value is -4.10. The number of nitrogens with zero attached hydrogens (tertiary/aromatic N) is 3. The van der Waals surface area contributed by atoms with E-state index in [-0.39, 0.29) is 0 Å². The summed E-state index contributed by atoms with van der Waals surface area (Å²) in [6, 6.07) is 18.0. The van der Waals surface area contributed by atoms with E-state index in [4.69, 9.17) is 9.72 Å². The second kappa shape index (κ2) is 15.4. The van der Waals surface area contributed by atoms with Gasteiger partial charge in [-0.3, -0.25) is 0 Å². The molecular formula is C41H52N4O3. The number of fused-ring (bicyclic) bond motifs is 2. The molecule has 0 radical (unpaired) electrons. The molecule has 0 unspecified atom stereocenters. The molecule has 1 aliphatic carbocycles. The van der Waals surface area contributed by atoms with Gasteiger partial charge in [-0.05, 0) is 125 Å². The molecule has 48 heavy (non-hydrogen) atoms.